The molecule has 2 aliphatic carbocycles. The Morgan fingerprint density at radius 3 is 2.58 bits per heavy atom. The summed E-state index contributed by atoms with van der Waals surface area (Å²) in [7, 11) is 0. The van der Waals surface area contributed by atoms with Gasteiger partial charge in [-0.3, -0.25) is 0 Å². The number of amides is 1. The van der Waals surface area contributed by atoms with Crippen molar-refractivity contribution in [3.8, 4) is 0 Å². The van der Waals surface area contributed by atoms with Gasteiger partial charge in [-0.2, -0.15) is 0 Å². The normalized spacial score (nSPS) is 27.4. The minimum Gasteiger partial charge on any atom is -0.444 e. The lowest BCUT2D eigenvalue weighted by molar-refractivity contribution is 0.0489. The predicted octanol–water partition coefficient (Wildman–Crippen LogP) is 4.55. The number of carbonyl (C=O) groups excluding carboxylic acids is 1. The molecule has 0 spiro atoms. The van der Waals surface area contributed by atoms with Crippen LogP contribution in [0.15, 0.2) is 11.4 Å². The smallest absolute Gasteiger partial charge is 0.407 e. The van der Waals surface area contributed by atoms with E-state index >= 15 is 0 Å². The average molecular weight is 351 g/mol. The zero-order chi connectivity index (χ0) is 17.2. The summed E-state index contributed by atoms with van der Waals surface area (Å²) in [5.74, 6) is 0. The van der Waals surface area contributed by atoms with Crippen LogP contribution in [0.3, 0.4) is 0 Å². The van der Waals surface area contributed by atoms with Crippen molar-refractivity contribution in [1.29, 1.82) is 0 Å². The Morgan fingerprint density at radius 2 is 1.88 bits per heavy atom. The van der Waals surface area contributed by atoms with Crippen molar-refractivity contribution in [2.75, 3.05) is 0 Å². The van der Waals surface area contributed by atoms with Crippen LogP contribution < -0.4 is 10.6 Å². The zero-order valence-electron chi connectivity index (χ0n) is 15.1. The fraction of sp³-hybridized carbons (Fsp3) is 0.737. The van der Waals surface area contributed by atoms with E-state index in [2.05, 4.69) is 22.1 Å². The van der Waals surface area contributed by atoms with E-state index < -0.39 is 5.60 Å². The Morgan fingerprint density at radius 1 is 1.17 bits per heavy atom. The number of aryl methyl sites for hydroxylation is 1. The van der Waals surface area contributed by atoms with Gasteiger partial charge in [-0.15, -0.1) is 11.3 Å². The SMILES string of the molecule is CC(C)(C)OC(=O)NC1CCC(NC2CCCc3sccc32)CC1. The van der Waals surface area contributed by atoms with Gasteiger partial charge in [0.25, 0.3) is 0 Å². The number of hydrogen-bond donors (Lipinski definition) is 2. The standard InChI is InChI=1S/C19H30N2O2S/c1-19(2,3)23-18(22)21-14-9-7-13(8-10-14)20-16-5-4-6-17-15(16)11-12-24-17/h11-14,16,20H,4-10H2,1-3H3,(H,21,22). The Hall–Kier alpha value is -1.07. The highest BCUT2D eigenvalue weighted by Gasteiger charge is 2.28. The highest BCUT2D eigenvalue weighted by atomic mass is 32.1. The fourth-order valence-electron chi connectivity index (χ4n) is 3.82. The van der Waals surface area contributed by atoms with Crippen LogP contribution in [0.4, 0.5) is 4.79 Å². The van der Waals surface area contributed by atoms with E-state index in [4.69, 9.17) is 4.74 Å². The quantitative estimate of drug-likeness (QED) is 0.841. The van der Waals surface area contributed by atoms with Crippen LogP contribution in [0.5, 0.6) is 0 Å². The second-order valence-electron chi connectivity index (χ2n) is 8.11. The molecule has 1 saturated carbocycles. The molecule has 0 aromatic carbocycles. The number of hydrogen-bond acceptors (Lipinski definition) is 4. The van der Waals surface area contributed by atoms with Gasteiger partial charge in [0.05, 0.1) is 0 Å². The maximum Gasteiger partial charge on any atom is 0.407 e. The second kappa shape index (κ2) is 7.44. The van der Waals surface area contributed by atoms with Gasteiger partial charge in [-0.1, -0.05) is 0 Å². The van der Waals surface area contributed by atoms with Crippen LogP contribution in [0.2, 0.25) is 0 Å². The molecule has 1 aromatic heterocycles. The van der Waals surface area contributed by atoms with E-state index in [1.165, 1.54) is 24.8 Å². The zero-order valence-corrected chi connectivity index (χ0v) is 15.9. The van der Waals surface area contributed by atoms with E-state index in [0.29, 0.717) is 12.1 Å². The van der Waals surface area contributed by atoms with E-state index in [1.807, 2.05) is 32.1 Å². The molecular formula is C19H30N2O2S. The van der Waals surface area contributed by atoms with Gasteiger partial charge in [0.1, 0.15) is 5.60 Å². The number of fused-ring (bicyclic) bond motifs is 1. The topological polar surface area (TPSA) is 50.4 Å². The lowest BCUT2D eigenvalue weighted by Crippen LogP contribution is -2.44. The summed E-state index contributed by atoms with van der Waals surface area (Å²) in [6, 6.07) is 3.64. The molecule has 0 saturated heterocycles. The first-order valence-electron chi connectivity index (χ1n) is 9.22. The molecule has 1 aromatic rings. The Balaban J connectivity index is 1.44. The van der Waals surface area contributed by atoms with Crippen molar-refractivity contribution in [3.05, 3.63) is 21.9 Å². The number of rotatable bonds is 3. The molecule has 0 bridgehead atoms. The van der Waals surface area contributed by atoms with Gasteiger partial charge in [0, 0.05) is 23.0 Å². The summed E-state index contributed by atoms with van der Waals surface area (Å²) in [6.45, 7) is 5.70. The molecule has 2 aliphatic rings. The van der Waals surface area contributed by atoms with Crippen LogP contribution in [0.1, 0.15) is 75.8 Å². The van der Waals surface area contributed by atoms with E-state index in [1.54, 1.807) is 4.88 Å². The summed E-state index contributed by atoms with van der Waals surface area (Å²) in [6.07, 6.45) is 7.81. The Bertz CT molecular complexity index is 556. The minimum absolute atomic E-state index is 0.251. The molecule has 0 radical (unpaired) electrons. The Labute approximate surface area is 149 Å². The monoisotopic (exact) mass is 350 g/mol. The summed E-state index contributed by atoms with van der Waals surface area (Å²) in [4.78, 5) is 13.5. The van der Waals surface area contributed by atoms with E-state index in [0.717, 1.165) is 25.7 Å². The highest BCUT2D eigenvalue weighted by molar-refractivity contribution is 7.10. The largest absolute Gasteiger partial charge is 0.444 e. The first kappa shape index (κ1) is 17.7. The van der Waals surface area contributed by atoms with E-state index in [9.17, 15) is 4.79 Å². The van der Waals surface area contributed by atoms with Gasteiger partial charge >= 0.3 is 6.09 Å². The fourth-order valence-corrected chi connectivity index (χ4v) is 4.81. The molecule has 134 valence electrons. The molecule has 1 heterocycles. The van der Waals surface area contributed by atoms with Gasteiger partial charge in [0.2, 0.25) is 0 Å². The summed E-state index contributed by atoms with van der Waals surface area (Å²) >= 11 is 1.90. The lowest BCUT2D eigenvalue weighted by Gasteiger charge is -2.34. The predicted molar refractivity (Wildman–Crippen MR) is 98.5 cm³/mol. The van der Waals surface area contributed by atoms with Crippen LogP contribution in [0.25, 0.3) is 0 Å². The van der Waals surface area contributed by atoms with Gasteiger partial charge in [-0.05, 0) is 82.7 Å². The third-order valence-corrected chi connectivity index (χ3v) is 5.93. The maximum atomic E-state index is 11.9. The van der Waals surface area contributed by atoms with Crippen molar-refractivity contribution >= 4 is 17.4 Å². The van der Waals surface area contributed by atoms with Crippen molar-refractivity contribution < 1.29 is 9.53 Å². The molecule has 1 unspecified atom stereocenters. The van der Waals surface area contributed by atoms with E-state index in [-0.39, 0.29) is 12.1 Å². The molecule has 1 amide bonds. The molecule has 2 N–H and O–H groups in total. The van der Waals surface area contributed by atoms with Gasteiger partial charge in [-0.25, -0.2) is 4.79 Å². The minimum atomic E-state index is -0.429. The average Bonchev–Trinajstić information content (AvgIpc) is 2.97. The van der Waals surface area contributed by atoms with Crippen LogP contribution in [-0.4, -0.2) is 23.8 Å². The first-order chi connectivity index (χ1) is 11.4. The molecule has 4 nitrogen and oxygen atoms in total. The number of carbonyl (C=O) groups is 1. The molecular weight excluding hydrogens is 320 g/mol. The maximum absolute atomic E-state index is 11.9. The van der Waals surface area contributed by atoms with Crippen molar-refractivity contribution in [3.63, 3.8) is 0 Å². The molecule has 1 atom stereocenters. The second-order valence-corrected chi connectivity index (χ2v) is 9.11. The molecule has 1 fully saturated rings. The van der Waals surface area contributed by atoms with Crippen LogP contribution in [0, 0.1) is 0 Å². The first-order valence-corrected chi connectivity index (χ1v) is 10.1. The molecule has 0 aliphatic heterocycles. The van der Waals surface area contributed by atoms with Crippen molar-refractivity contribution in [1.82, 2.24) is 10.6 Å². The molecule has 5 heteroatoms. The third-order valence-electron chi connectivity index (χ3n) is 4.94. The molecule has 3 rings (SSSR count). The lowest BCUT2D eigenvalue weighted by atomic mass is 9.88. The highest BCUT2D eigenvalue weighted by Crippen LogP contribution is 2.34. The molecule has 24 heavy (non-hydrogen) atoms. The summed E-state index contributed by atoms with van der Waals surface area (Å²) < 4.78 is 5.35. The number of nitrogens with one attached hydrogen (secondary N) is 2. The van der Waals surface area contributed by atoms with Crippen molar-refractivity contribution in [2.24, 2.45) is 0 Å². The summed E-state index contributed by atoms with van der Waals surface area (Å²) in [5.41, 5.74) is 1.10. The van der Waals surface area contributed by atoms with Crippen molar-refractivity contribution in [2.45, 2.75) is 89.4 Å². The number of alkyl carbamates (subject to hydrolysis) is 1. The van der Waals surface area contributed by atoms with Gasteiger partial charge in [0.15, 0.2) is 0 Å². The van der Waals surface area contributed by atoms with Crippen LogP contribution in [-0.2, 0) is 11.2 Å². The number of thiophene rings is 1. The van der Waals surface area contributed by atoms with Crippen LogP contribution >= 0.6 is 11.3 Å². The number of ether oxygens (including phenoxy) is 1. The summed E-state index contributed by atoms with van der Waals surface area (Å²) in [5, 5.41) is 9.13. The Kier molecular flexibility index (Phi) is 5.50. The third kappa shape index (κ3) is 4.73. The van der Waals surface area contributed by atoms with Gasteiger partial charge < -0.3 is 15.4 Å².